The van der Waals surface area contributed by atoms with Gasteiger partial charge in [-0.1, -0.05) is 38.1 Å². The van der Waals surface area contributed by atoms with Gasteiger partial charge in [0.15, 0.2) is 6.29 Å². The van der Waals surface area contributed by atoms with Gasteiger partial charge in [-0.2, -0.15) is 4.31 Å². The molecule has 2 saturated heterocycles. The van der Waals surface area contributed by atoms with Crippen LogP contribution in [0.3, 0.4) is 0 Å². The van der Waals surface area contributed by atoms with Crippen LogP contribution in [0.4, 0.5) is 4.79 Å². The van der Waals surface area contributed by atoms with E-state index in [9.17, 15) is 23.1 Å². The summed E-state index contributed by atoms with van der Waals surface area (Å²) in [4.78, 5) is 24.2. The molecule has 1 amide bonds. The van der Waals surface area contributed by atoms with E-state index in [1.54, 1.807) is 36.4 Å². The lowest BCUT2D eigenvalue weighted by Crippen LogP contribution is -2.51. The molecule has 0 aromatic heterocycles. The standard InChI is InChI=1S/C29H38N2O9S/c1-19(2)15-31(41(35,36)23-10-8-22(37-3)9-11-23)16-26(33)25(14-20-4-6-21(17-32)7-5-20)30-29(34)40-27-18-39-28-24(27)12-13-38-28/h4-11,17,19,24-28,33H,12-16,18H2,1-3H3,(H,30,34)/t24-,25?,26+,27-,28+/m0/s1. The molecule has 2 aromatic rings. The Labute approximate surface area is 240 Å². The number of fused-ring (bicyclic) bond motifs is 1. The van der Waals surface area contributed by atoms with E-state index in [0.717, 1.165) is 11.8 Å². The molecule has 1 unspecified atom stereocenters. The maximum absolute atomic E-state index is 13.6. The van der Waals surface area contributed by atoms with Crippen LogP contribution in [0.25, 0.3) is 0 Å². The van der Waals surface area contributed by atoms with E-state index < -0.39 is 40.7 Å². The molecule has 2 fully saturated rings. The highest BCUT2D eigenvalue weighted by Crippen LogP contribution is 2.33. The minimum absolute atomic E-state index is 0.0357. The number of aldehydes is 1. The number of carbonyl (C=O) groups excluding carboxylic acids is 2. The number of hydrogen-bond donors (Lipinski definition) is 2. The number of amides is 1. The number of aliphatic hydroxyl groups excluding tert-OH is 1. The number of sulfonamides is 1. The van der Waals surface area contributed by atoms with Crippen LogP contribution < -0.4 is 10.1 Å². The van der Waals surface area contributed by atoms with Crippen LogP contribution >= 0.6 is 0 Å². The van der Waals surface area contributed by atoms with Gasteiger partial charge in [-0.25, -0.2) is 13.2 Å². The number of nitrogens with one attached hydrogen (secondary N) is 1. The van der Waals surface area contributed by atoms with Crippen LogP contribution in [0.2, 0.25) is 0 Å². The van der Waals surface area contributed by atoms with Gasteiger partial charge in [-0.3, -0.25) is 4.79 Å². The Morgan fingerprint density at radius 1 is 1.12 bits per heavy atom. The highest BCUT2D eigenvalue weighted by atomic mass is 32.2. The summed E-state index contributed by atoms with van der Waals surface area (Å²) in [6, 6.07) is 11.9. The molecule has 224 valence electrons. The van der Waals surface area contributed by atoms with E-state index in [0.29, 0.717) is 24.3 Å². The first-order chi connectivity index (χ1) is 19.6. The molecule has 41 heavy (non-hydrogen) atoms. The fourth-order valence-electron chi connectivity index (χ4n) is 5.05. The molecule has 2 aliphatic heterocycles. The first kappa shape index (κ1) is 30.9. The number of rotatable bonds is 13. The lowest BCUT2D eigenvalue weighted by atomic mass is 10.00. The lowest BCUT2D eigenvalue weighted by Gasteiger charge is -2.31. The fraction of sp³-hybridized carbons (Fsp3) is 0.517. The molecule has 2 aliphatic rings. The molecular formula is C29H38N2O9S. The second-order valence-electron chi connectivity index (χ2n) is 10.7. The fourth-order valence-corrected chi connectivity index (χ4v) is 6.67. The smallest absolute Gasteiger partial charge is 0.407 e. The van der Waals surface area contributed by atoms with Crippen LogP contribution in [0.5, 0.6) is 5.75 Å². The number of aliphatic hydroxyl groups is 1. The van der Waals surface area contributed by atoms with Gasteiger partial charge in [0.2, 0.25) is 10.0 Å². The summed E-state index contributed by atoms with van der Waals surface area (Å²) in [5.41, 5.74) is 1.23. The van der Waals surface area contributed by atoms with Gasteiger partial charge in [0, 0.05) is 18.7 Å². The molecule has 11 nitrogen and oxygen atoms in total. The largest absolute Gasteiger partial charge is 0.497 e. The maximum Gasteiger partial charge on any atom is 0.407 e. The Kier molecular flexibility index (Phi) is 10.4. The van der Waals surface area contributed by atoms with Gasteiger partial charge in [0.1, 0.15) is 18.1 Å². The first-order valence-electron chi connectivity index (χ1n) is 13.7. The average molecular weight is 591 g/mol. The van der Waals surface area contributed by atoms with E-state index >= 15 is 0 Å². The summed E-state index contributed by atoms with van der Waals surface area (Å²) in [5, 5.41) is 14.2. The summed E-state index contributed by atoms with van der Waals surface area (Å²) in [7, 11) is -2.49. The number of methoxy groups -OCH3 is 1. The predicted octanol–water partition coefficient (Wildman–Crippen LogP) is 2.61. The van der Waals surface area contributed by atoms with Crippen molar-refractivity contribution in [2.24, 2.45) is 11.8 Å². The van der Waals surface area contributed by atoms with Crippen molar-refractivity contribution in [1.82, 2.24) is 9.62 Å². The third-order valence-electron chi connectivity index (χ3n) is 7.24. The number of nitrogens with zero attached hydrogens (tertiary/aromatic N) is 1. The van der Waals surface area contributed by atoms with Crippen molar-refractivity contribution in [3.8, 4) is 5.75 Å². The number of ether oxygens (including phenoxy) is 4. The summed E-state index contributed by atoms with van der Waals surface area (Å²) in [6.45, 7) is 4.39. The molecule has 0 spiro atoms. The summed E-state index contributed by atoms with van der Waals surface area (Å²) in [5.74, 6) is 0.425. The van der Waals surface area contributed by atoms with Crippen molar-refractivity contribution in [2.75, 3.05) is 33.4 Å². The molecule has 2 aromatic carbocycles. The summed E-state index contributed by atoms with van der Waals surface area (Å²) < 4.78 is 50.3. The number of carbonyl (C=O) groups is 2. The predicted molar refractivity (Wildman–Crippen MR) is 149 cm³/mol. The van der Waals surface area contributed by atoms with Crippen LogP contribution in [-0.2, 0) is 30.7 Å². The Hall–Kier alpha value is -3.03. The minimum atomic E-state index is -3.98. The van der Waals surface area contributed by atoms with Crippen molar-refractivity contribution in [1.29, 1.82) is 0 Å². The van der Waals surface area contributed by atoms with Crippen molar-refractivity contribution in [2.45, 2.75) is 56.1 Å². The van der Waals surface area contributed by atoms with Crippen molar-refractivity contribution in [3.05, 3.63) is 59.7 Å². The zero-order valence-electron chi connectivity index (χ0n) is 23.5. The number of alkyl carbamates (subject to hydrolysis) is 1. The van der Waals surface area contributed by atoms with E-state index in [1.165, 1.54) is 23.5 Å². The Balaban J connectivity index is 1.53. The zero-order chi connectivity index (χ0) is 29.6. The SMILES string of the molecule is COc1ccc(S(=O)(=O)N(CC(C)C)C[C@@H](O)C(Cc2ccc(C=O)cc2)NC(=O)O[C@H]2CO[C@H]3OCC[C@H]32)cc1. The maximum atomic E-state index is 13.6. The normalized spacial score (nSPS) is 21.9. The van der Waals surface area contributed by atoms with Crippen molar-refractivity contribution in [3.63, 3.8) is 0 Å². The van der Waals surface area contributed by atoms with Gasteiger partial charge in [0.05, 0.1) is 43.3 Å². The van der Waals surface area contributed by atoms with E-state index in [4.69, 9.17) is 18.9 Å². The number of hydrogen-bond acceptors (Lipinski definition) is 9. The Bertz CT molecular complexity index is 1270. The van der Waals surface area contributed by atoms with Gasteiger partial charge < -0.3 is 29.4 Å². The monoisotopic (exact) mass is 590 g/mol. The minimum Gasteiger partial charge on any atom is -0.497 e. The second kappa shape index (κ2) is 13.8. The summed E-state index contributed by atoms with van der Waals surface area (Å²) in [6.07, 6.45) is -1.30. The van der Waals surface area contributed by atoms with Gasteiger partial charge in [0.25, 0.3) is 0 Å². The van der Waals surface area contributed by atoms with E-state index in [2.05, 4.69) is 5.32 Å². The third-order valence-corrected chi connectivity index (χ3v) is 9.09. The van der Waals surface area contributed by atoms with Crippen LogP contribution in [0.15, 0.2) is 53.4 Å². The van der Waals surface area contributed by atoms with E-state index in [1.807, 2.05) is 13.8 Å². The third kappa shape index (κ3) is 7.83. The molecule has 12 heteroatoms. The van der Waals surface area contributed by atoms with Crippen LogP contribution in [-0.4, -0.2) is 88.2 Å². The molecule has 5 atom stereocenters. The van der Waals surface area contributed by atoms with Crippen molar-refractivity contribution >= 4 is 22.4 Å². The van der Waals surface area contributed by atoms with Crippen molar-refractivity contribution < 1.29 is 42.1 Å². The molecule has 2 N–H and O–H groups in total. The topological polar surface area (TPSA) is 141 Å². The molecule has 0 saturated carbocycles. The van der Waals surface area contributed by atoms with Gasteiger partial charge >= 0.3 is 6.09 Å². The van der Waals surface area contributed by atoms with E-state index in [-0.39, 0.29) is 42.8 Å². The van der Waals surface area contributed by atoms with Gasteiger partial charge in [-0.05, 0) is 48.6 Å². The molecule has 0 bridgehead atoms. The Morgan fingerprint density at radius 3 is 2.46 bits per heavy atom. The molecule has 0 radical (unpaired) electrons. The Morgan fingerprint density at radius 2 is 1.83 bits per heavy atom. The number of benzene rings is 2. The molecular weight excluding hydrogens is 552 g/mol. The lowest BCUT2D eigenvalue weighted by molar-refractivity contribution is -0.0907. The van der Waals surface area contributed by atoms with Crippen LogP contribution in [0.1, 0.15) is 36.2 Å². The first-order valence-corrected chi connectivity index (χ1v) is 15.1. The van der Waals surface area contributed by atoms with Gasteiger partial charge in [-0.15, -0.1) is 0 Å². The molecule has 2 heterocycles. The highest BCUT2D eigenvalue weighted by molar-refractivity contribution is 7.89. The average Bonchev–Trinajstić information content (AvgIpc) is 3.57. The highest BCUT2D eigenvalue weighted by Gasteiger charge is 2.44. The van der Waals surface area contributed by atoms with Crippen LogP contribution in [0, 0.1) is 11.8 Å². The molecule has 4 rings (SSSR count). The quantitative estimate of drug-likeness (QED) is 0.337. The summed E-state index contributed by atoms with van der Waals surface area (Å²) >= 11 is 0. The molecule has 0 aliphatic carbocycles. The second-order valence-corrected chi connectivity index (χ2v) is 12.7. The zero-order valence-corrected chi connectivity index (χ0v) is 24.3.